The SMILES string of the molecule is CCOc1c(OC)cc(-c2nnc3scc(-c4ccc([N+](=O)[O-])cc4)n23)cc1OC. The van der Waals surface area contributed by atoms with Gasteiger partial charge in [-0.3, -0.25) is 14.5 Å². The van der Waals surface area contributed by atoms with Gasteiger partial charge in [-0.05, 0) is 36.8 Å². The lowest BCUT2D eigenvalue weighted by Crippen LogP contribution is -2.00. The van der Waals surface area contributed by atoms with Crippen LogP contribution in [0.3, 0.4) is 0 Å². The highest BCUT2D eigenvalue weighted by Crippen LogP contribution is 2.42. The summed E-state index contributed by atoms with van der Waals surface area (Å²) in [7, 11) is 3.13. The molecule has 0 fully saturated rings. The molecule has 0 aliphatic carbocycles. The number of ether oxygens (including phenoxy) is 3. The van der Waals surface area contributed by atoms with Gasteiger partial charge in [0.25, 0.3) is 5.69 Å². The van der Waals surface area contributed by atoms with E-state index in [9.17, 15) is 10.1 Å². The predicted molar refractivity (Wildman–Crippen MR) is 113 cm³/mol. The molecule has 10 heteroatoms. The summed E-state index contributed by atoms with van der Waals surface area (Å²) in [6.07, 6.45) is 0. The number of benzene rings is 2. The second kappa shape index (κ2) is 7.99. The summed E-state index contributed by atoms with van der Waals surface area (Å²) < 4.78 is 18.6. The summed E-state index contributed by atoms with van der Waals surface area (Å²) in [5.41, 5.74) is 2.42. The second-order valence-corrected chi connectivity index (χ2v) is 7.05. The van der Waals surface area contributed by atoms with E-state index in [0.29, 0.717) is 34.6 Å². The molecule has 0 aliphatic heterocycles. The third kappa shape index (κ3) is 3.30. The van der Waals surface area contributed by atoms with Crippen molar-refractivity contribution < 1.29 is 19.1 Å². The molecule has 2 heterocycles. The summed E-state index contributed by atoms with van der Waals surface area (Å²) >= 11 is 1.43. The highest BCUT2D eigenvalue weighted by molar-refractivity contribution is 7.15. The van der Waals surface area contributed by atoms with Gasteiger partial charge in [-0.15, -0.1) is 21.5 Å². The molecule has 0 aliphatic rings. The first-order chi connectivity index (χ1) is 14.6. The third-order valence-corrected chi connectivity index (χ3v) is 5.35. The van der Waals surface area contributed by atoms with Crippen molar-refractivity contribution in [3.8, 4) is 39.9 Å². The molecule has 2 aromatic carbocycles. The molecule has 0 bridgehead atoms. The molecule has 0 N–H and O–H groups in total. The minimum Gasteiger partial charge on any atom is -0.493 e. The third-order valence-electron chi connectivity index (χ3n) is 4.53. The fourth-order valence-electron chi connectivity index (χ4n) is 3.16. The zero-order chi connectivity index (χ0) is 21.3. The van der Waals surface area contributed by atoms with E-state index in [4.69, 9.17) is 14.2 Å². The van der Waals surface area contributed by atoms with E-state index in [-0.39, 0.29) is 5.69 Å². The van der Waals surface area contributed by atoms with E-state index < -0.39 is 4.92 Å². The zero-order valence-corrected chi connectivity index (χ0v) is 17.3. The Balaban J connectivity index is 1.87. The van der Waals surface area contributed by atoms with Crippen molar-refractivity contribution in [1.82, 2.24) is 14.6 Å². The van der Waals surface area contributed by atoms with Gasteiger partial charge in [-0.25, -0.2) is 0 Å². The van der Waals surface area contributed by atoms with Gasteiger partial charge >= 0.3 is 0 Å². The van der Waals surface area contributed by atoms with Crippen molar-refractivity contribution >= 4 is 22.0 Å². The van der Waals surface area contributed by atoms with E-state index in [0.717, 1.165) is 16.8 Å². The Morgan fingerprint density at radius 3 is 2.30 bits per heavy atom. The van der Waals surface area contributed by atoms with Gasteiger partial charge in [0.15, 0.2) is 17.3 Å². The first-order valence-electron chi connectivity index (χ1n) is 9.04. The van der Waals surface area contributed by atoms with Gasteiger partial charge < -0.3 is 14.2 Å². The number of non-ortho nitro benzene ring substituents is 1. The molecule has 0 unspecified atom stereocenters. The Labute approximate surface area is 175 Å². The number of fused-ring (bicyclic) bond motifs is 1. The highest BCUT2D eigenvalue weighted by Gasteiger charge is 2.20. The largest absolute Gasteiger partial charge is 0.493 e. The maximum atomic E-state index is 11.0. The molecule has 4 rings (SSSR count). The molecule has 0 radical (unpaired) electrons. The molecule has 9 nitrogen and oxygen atoms in total. The minimum absolute atomic E-state index is 0.0372. The van der Waals surface area contributed by atoms with Crippen LogP contribution in [0.2, 0.25) is 0 Å². The van der Waals surface area contributed by atoms with Crippen LogP contribution in [0.15, 0.2) is 41.8 Å². The Morgan fingerprint density at radius 1 is 1.07 bits per heavy atom. The van der Waals surface area contributed by atoms with E-state index in [1.54, 1.807) is 26.4 Å². The van der Waals surface area contributed by atoms with Crippen LogP contribution in [-0.2, 0) is 0 Å². The van der Waals surface area contributed by atoms with Crippen molar-refractivity contribution in [2.24, 2.45) is 0 Å². The Hall–Kier alpha value is -3.66. The van der Waals surface area contributed by atoms with Gasteiger partial charge in [-0.2, -0.15) is 0 Å². The molecule has 4 aromatic rings. The first kappa shape index (κ1) is 19.6. The molecular formula is C20H18N4O5S. The summed E-state index contributed by atoms with van der Waals surface area (Å²) in [6, 6.07) is 10.0. The normalized spacial score (nSPS) is 10.9. The van der Waals surface area contributed by atoms with Crippen LogP contribution in [0.5, 0.6) is 17.2 Å². The van der Waals surface area contributed by atoms with E-state index in [2.05, 4.69) is 10.2 Å². The van der Waals surface area contributed by atoms with E-state index in [1.165, 1.54) is 23.5 Å². The summed E-state index contributed by atoms with van der Waals surface area (Å²) in [4.78, 5) is 11.2. The lowest BCUT2D eigenvalue weighted by Gasteiger charge is -2.15. The Morgan fingerprint density at radius 2 is 1.73 bits per heavy atom. The number of rotatable bonds is 7. The molecule has 0 spiro atoms. The first-order valence-corrected chi connectivity index (χ1v) is 9.92. The molecule has 0 atom stereocenters. The quantitative estimate of drug-likeness (QED) is 0.318. The zero-order valence-electron chi connectivity index (χ0n) is 16.5. The van der Waals surface area contributed by atoms with Crippen molar-refractivity contribution in [3.63, 3.8) is 0 Å². The molecule has 0 saturated carbocycles. The smallest absolute Gasteiger partial charge is 0.269 e. The Bertz CT molecular complexity index is 1190. The minimum atomic E-state index is -0.421. The number of hydrogen-bond donors (Lipinski definition) is 0. The number of nitro benzene ring substituents is 1. The van der Waals surface area contributed by atoms with Gasteiger partial charge in [0.2, 0.25) is 10.7 Å². The van der Waals surface area contributed by atoms with Crippen molar-refractivity contribution in [2.45, 2.75) is 6.92 Å². The monoisotopic (exact) mass is 426 g/mol. The summed E-state index contributed by atoms with van der Waals surface area (Å²) in [5, 5.41) is 21.5. The van der Waals surface area contributed by atoms with E-state index in [1.807, 2.05) is 28.8 Å². The predicted octanol–water partition coefficient (Wildman–Crippen LogP) is 4.45. The van der Waals surface area contributed by atoms with Crippen molar-refractivity contribution in [2.75, 3.05) is 20.8 Å². The standard InChI is InChI=1S/C20H18N4O5S/c1-4-29-18-16(27-2)9-13(10-17(18)28-3)19-21-22-20-23(19)15(11-30-20)12-5-7-14(8-6-12)24(25)26/h5-11H,4H2,1-3H3. The fraction of sp³-hybridized carbons (Fsp3) is 0.200. The van der Waals surface area contributed by atoms with Crippen LogP contribution in [0.4, 0.5) is 5.69 Å². The molecule has 0 saturated heterocycles. The van der Waals surface area contributed by atoms with Crippen LogP contribution in [-0.4, -0.2) is 40.3 Å². The van der Waals surface area contributed by atoms with Gasteiger partial charge in [0.05, 0.1) is 31.4 Å². The van der Waals surface area contributed by atoms with Gasteiger partial charge in [0.1, 0.15) is 0 Å². The van der Waals surface area contributed by atoms with Crippen LogP contribution in [0.1, 0.15) is 6.92 Å². The number of hydrogen-bond acceptors (Lipinski definition) is 8. The molecule has 2 aromatic heterocycles. The fourth-order valence-corrected chi connectivity index (χ4v) is 4.00. The second-order valence-electron chi connectivity index (χ2n) is 6.21. The lowest BCUT2D eigenvalue weighted by atomic mass is 10.1. The topological polar surface area (TPSA) is 101 Å². The maximum Gasteiger partial charge on any atom is 0.269 e. The Kier molecular flexibility index (Phi) is 5.23. The van der Waals surface area contributed by atoms with Gasteiger partial charge in [0, 0.05) is 23.1 Å². The van der Waals surface area contributed by atoms with Crippen LogP contribution < -0.4 is 14.2 Å². The highest BCUT2D eigenvalue weighted by atomic mass is 32.1. The number of nitro groups is 1. The van der Waals surface area contributed by atoms with Crippen LogP contribution in [0.25, 0.3) is 27.6 Å². The van der Waals surface area contributed by atoms with Crippen LogP contribution >= 0.6 is 11.3 Å². The molecule has 0 amide bonds. The average Bonchev–Trinajstić information content (AvgIpc) is 3.36. The number of nitrogens with zero attached hydrogens (tertiary/aromatic N) is 4. The lowest BCUT2D eigenvalue weighted by molar-refractivity contribution is -0.384. The number of methoxy groups -OCH3 is 2. The van der Waals surface area contributed by atoms with E-state index >= 15 is 0 Å². The van der Waals surface area contributed by atoms with Crippen LogP contribution in [0, 0.1) is 10.1 Å². The molecule has 154 valence electrons. The number of aromatic nitrogens is 3. The number of thiazole rings is 1. The average molecular weight is 426 g/mol. The summed E-state index contributed by atoms with van der Waals surface area (Å²) in [5.74, 6) is 2.16. The van der Waals surface area contributed by atoms with Gasteiger partial charge in [-0.1, -0.05) is 0 Å². The molecule has 30 heavy (non-hydrogen) atoms. The van der Waals surface area contributed by atoms with Crippen molar-refractivity contribution in [3.05, 3.63) is 51.9 Å². The molecular weight excluding hydrogens is 408 g/mol. The maximum absolute atomic E-state index is 11.0. The summed E-state index contributed by atoms with van der Waals surface area (Å²) in [6.45, 7) is 2.35. The van der Waals surface area contributed by atoms with Crippen molar-refractivity contribution in [1.29, 1.82) is 0 Å².